The Kier molecular flexibility index (Phi) is 5.37. The lowest BCUT2D eigenvalue weighted by Gasteiger charge is -2.34. The molecule has 4 aliphatic heterocycles. The van der Waals surface area contributed by atoms with Crippen LogP contribution in [0.1, 0.15) is 49.7 Å². The average molecular weight is 539 g/mol. The Morgan fingerprint density at radius 3 is 1.38 bits per heavy atom. The summed E-state index contributed by atoms with van der Waals surface area (Å²) in [6.45, 7) is 8.71. The van der Waals surface area contributed by atoms with E-state index in [9.17, 15) is 19.2 Å². The van der Waals surface area contributed by atoms with E-state index in [0.29, 0.717) is 24.2 Å². The Morgan fingerprint density at radius 2 is 1.02 bits per heavy atom. The van der Waals surface area contributed by atoms with Crippen LogP contribution in [0, 0.1) is 11.8 Å². The zero-order chi connectivity index (χ0) is 27.8. The summed E-state index contributed by atoms with van der Waals surface area (Å²) in [5.41, 5.74) is 1.12. The van der Waals surface area contributed by atoms with E-state index in [1.807, 2.05) is 48.5 Å². The van der Waals surface area contributed by atoms with Gasteiger partial charge in [-0.3, -0.25) is 9.59 Å². The Balaban J connectivity index is 1.04. The molecule has 4 heterocycles. The molecule has 1 saturated carbocycles. The average Bonchev–Trinajstić information content (AvgIpc) is 3.58. The van der Waals surface area contributed by atoms with Gasteiger partial charge in [0, 0.05) is 48.2 Å². The summed E-state index contributed by atoms with van der Waals surface area (Å²) >= 11 is 0. The molecule has 204 valence electrons. The molecule has 5 aliphatic rings. The molecule has 8 nitrogen and oxygen atoms in total. The first-order chi connectivity index (χ1) is 19.2. The van der Waals surface area contributed by atoms with Gasteiger partial charge >= 0.3 is 11.9 Å². The van der Waals surface area contributed by atoms with Gasteiger partial charge in [0.2, 0.25) is 11.2 Å². The topological polar surface area (TPSA) is 93.2 Å². The van der Waals surface area contributed by atoms with Crippen LogP contribution in [0.25, 0.3) is 0 Å². The van der Waals surface area contributed by atoms with E-state index in [4.69, 9.17) is 9.47 Å². The number of hydrogen-bond donors (Lipinski definition) is 0. The first kappa shape index (κ1) is 24.8. The van der Waals surface area contributed by atoms with Crippen molar-refractivity contribution in [2.75, 3.05) is 22.9 Å². The molecule has 7 rings (SSSR count). The Hall–Kier alpha value is -4.20. The zero-order valence-corrected chi connectivity index (χ0v) is 22.2. The smallest absolute Gasteiger partial charge is 0.335 e. The fourth-order valence-electron chi connectivity index (χ4n) is 7.28. The predicted molar refractivity (Wildman–Crippen MR) is 146 cm³/mol. The second-order valence-corrected chi connectivity index (χ2v) is 11.7. The second kappa shape index (κ2) is 8.65. The molecule has 2 aromatic rings. The number of para-hydroxylation sites is 2. The van der Waals surface area contributed by atoms with Gasteiger partial charge in [0.15, 0.2) is 0 Å². The summed E-state index contributed by atoms with van der Waals surface area (Å²) in [7, 11) is 0. The van der Waals surface area contributed by atoms with Crippen LogP contribution in [0.2, 0.25) is 0 Å². The highest BCUT2D eigenvalue weighted by atomic mass is 16.6. The highest BCUT2D eigenvalue weighted by molar-refractivity contribution is 6.12. The molecule has 2 saturated heterocycles. The van der Waals surface area contributed by atoms with Crippen LogP contribution in [-0.4, -0.2) is 36.8 Å². The lowest BCUT2D eigenvalue weighted by molar-refractivity contribution is -0.156. The zero-order valence-electron chi connectivity index (χ0n) is 22.2. The van der Waals surface area contributed by atoms with Crippen molar-refractivity contribution >= 4 is 35.1 Å². The first-order valence-electron chi connectivity index (χ1n) is 13.9. The van der Waals surface area contributed by atoms with E-state index in [-0.39, 0.29) is 36.5 Å². The summed E-state index contributed by atoms with van der Waals surface area (Å²) in [6, 6.07) is 15.1. The normalized spacial score (nSPS) is 30.9. The molecule has 2 atom stereocenters. The van der Waals surface area contributed by atoms with E-state index in [1.165, 1.54) is 0 Å². The molecular weight excluding hydrogens is 508 g/mol. The Morgan fingerprint density at radius 1 is 0.650 bits per heavy atom. The van der Waals surface area contributed by atoms with Crippen LogP contribution < -0.4 is 9.80 Å². The monoisotopic (exact) mass is 538 g/mol. The van der Waals surface area contributed by atoms with E-state index in [0.717, 1.165) is 48.2 Å². The van der Waals surface area contributed by atoms with Crippen LogP contribution in [0.4, 0.5) is 11.4 Å². The Labute approximate surface area is 232 Å². The molecule has 0 bridgehead atoms. The van der Waals surface area contributed by atoms with E-state index < -0.39 is 23.1 Å². The fourth-order valence-corrected chi connectivity index (χ4v) is 7.28. The van der Waals surface area contributed by atoms with E-state index >= 15 is 0 Å². The van der Waals surface area contributed by atoms with Crippen LogP contribution in [-0.2, 0) is 39.9 Å². The number of carbonyl (C=O) groups is 4. The van der Waals surface area contributed by atoms with Crippen LogP contribution >= 0.6 is 0 Å². The van der Waals surface area contributed by atoms with Gasteiger partial charge in [0.1, 0.15) is 0 Å². The quantitative estimate of drug-likeness (QED) is 0.426. The van der Waals surface area contributed by atoms with Gasteiger partial charge in [0.05, 0.1) is 11.4 Å². The van der Waals surface area contributed by atoms with E-state index in [2.05, 4.69) is 13.2 Å². The number of ether oxygens (including phenoxy) is 2. The molecule has 3 fully saturated rings. The van der Waals surface area contributed by atoms with Crippen molar-refractivity contribution < 1.29 is 28.7 Å². The van der Waals surface area contributed by atoms with Crippen molar-refractivity contribution in [3.63, 3.8) is 0 Å². The summed E-state index contributed by atoms with van der Waals surface area (Å²) in [4.78, 5) is 55.4. The van der Waals surface area contributed by atoms with Gasteiger partial charge in [-0.05, 0) is 49.7 Å². The molecule has 0 N–H and O–H groups in total. The number of esters is 2. The third-order valence-electron chi connectivity index (χ3n) is 9.32. The predicted octanol–water partition coefficient (Wildman–Crippen LogP) is 4.28. The molecule has 0 radical (unpaired) electrons. The lowest BCUT2D eigenvalue weighted by Crippen LogP contribution is -2.44. The van der Waals surface area contributed by atoms with Gasteiger partial charge in [-0.1, -0.05) is 49.6 Å². The van der Waals surface area contributed by atoms with Crippen LogP contribution in [0.3, 0.4) is 0 Å². The molecule has 0 aromatic heterocycles. The van der Waals surface area contributed by atoms with Crippen molar-refractivity contribution in [1.29, 1.82) is 0 Å². The number of fused-ring (bicyclic) bond motifs is 4. The third kappa shape index (κ3) is 3.37. The Bertz CT molecular complexity index is 1370. The molecule has 2 spiro atoms. The molecular formula is C32H30N2O6. The van der Waals surface area contributed by atoms with Gasteiger partial charge in [-0.15, -0.1) is 0 Å². The number of anilines is 2. The first-order valence-corrected chi connectivity index (χ1v) is 13.9. The minimum Gasteiger partial charge on any atom is -0.440 e. The fraction of sp³-hybridized carbons (Fsp3) is 0.375. The second-order valence-electron chi connectivity index (χ2n) is 11.7. The highest BCUT2D eigenvalue weighted by Gasteiger charge is 2.60. The third-order valence-corrected chi connectivity index (χ3v) is 9.32. The van der Waals surface area contributed by atoms with Crippen molar-refractivity contribution in [2.24, 2.45) is 11.8 Å². The van der Waals surface area contributed by atoms with Crippen molar-refractivity contribution in [1.82, 2.24) is 0 Å². The number of benzene rings is 2. The van der Waals surface area contributed by atoms with E-state index in [1.54, 1.807) is 9.80 Å². The van der Waals surface area contributed by atoms with Gasteiger partial charge in [-0.2, -0.15) is 0 Å². The summed E-state index contributed by atoms with van der Waals surface area (Å²) in [6.07, 6.45) is 4.02. The van der Waals surface area contributed by atoms with Crippen molar-refractivity contribution in [3.05, 3.63) is 84.0 Å². The summed E-state index contributed by atoms with van der Waals surface area (Å²) < 4.78 is 11.3. The number of rotatable bonds is 4. The number of nitrogens with zero attached hydrogens (tertiary/aromatic N) is 2. The molecule has 2 unspecified atom stereocenters. The number of carbonyl (C=O) groups excluding carboxylic acids is 4. The van der Waals surface area contributed by atoms with Gasteiger partial charge < -0.3 is 19.3 Å². The molecule has 2 aromatic carbocycles. The molecule has 40 heavy (non-hydrogen) atoms. The largest absolute Gasteiger partial charge is 0.440 e. The lowest BCUT2D eigenvalue weighted by atomic mass is 9.81. The molecule has 1 aliphatic carbocycles. The molecule has 8 heteroatoms. The maximum absolute atomic E-state index is 13.7. The maximum atomic E-state index is 13.7. The maximum Gasteiger partial charge on any atom is 0.335 e. The van der Waals surface area contributed by atoms with Crippen molar-refractivity contribution in [3.8, 4) is 0 Å². The van der Waals surface area contributed by atoms with Crippen LogP contribution in [0.5, 0.6) is 0 Å². The number of hydrogen-bond acceptors (Lipinski definition) is 6. The van der Waals surface area contributed by atoms with Crippen LogP contribution in [0.15, 0.2) is 72.8 Å². The molecule has 2 amide bonds. The minimum absolute atomic E-state index is 0.181. The van der Waals surface area contributed by atoms with Crippen molar-refractivity contribution in [2.45, 2.75) is 49.7 Å². The SMILES string of the molecule is C=C1CC2(OC1=O)C(=O)N(CC1CCC(CN3C(=O)C4(CC(=C)C(=O)O4)c4ccccc43)CC1)c1ccccc12. The standard InChI is InChI=1S/C32H30N2O6/c1-19-15-31(39-27(19)35)23-7-3-5-9-25(23)33(29(31)37)17-21-11-13-22(14-12-21)18-34-26-10-6-4-8-24(26)32(30(34)38)16-20(2)28(36)40-32/h3-10,21-22H,1-2,11-18H2. The highest BCUT2D eigenvalue weighted by Crippen LogP contribution is 2.52. The number of amides is 2. The summed E-state index contributed by atoms with van der Waals surface area (Å²) in [5, 5.41) is 0. The summed E-state index contributed by atoms with van der Waals surface area (Å²) in [5.74, 6) is -0.837. The van der Waals surface area contributed by atoms with Gasteiger partial charge in [-0.25, -0.2) is 9.59 Å². The minimum atomic E-state index is -1.30. The van der Waals surface area contributed by atoms with Gasteiger partial charge in [0.25, 0.3) is 11.8 Å².